The van der Waals surface area contributed by atoms with Crippen molar-refractivity contribution in [3.05, 3.63) is 54.1 Å². The third-order valence-corrected chi connectivity index (χ3v) is 11.4. The summed E-state index contributed by atoms with van der Waals surface area (Å²) in [4.78, 5) is 99.3. The number of likely N-dealkylation sites (tertiary alicyclic amines) is 1. The van der Waals surface area contributed by atoms with Gasteiger partial charge in [-0.1, -0.05) is 63.4 Å². The largest absolute Gasteiger partial charge is 0.469 e. The van der Waals surface area contributed by atoms with Crippen molar-refractivity contribution in [1.29, 1.82) is 0 Å². The van der Waals surface area contributed by atoms with E-state index in [2.05, 4.69) is 37.9 Å². The van der Waals surface area contributed by atoms with Crippen LogP contribution in [0.1, 0.15) is 104 Å². The minimum absolute atomic E-state index is 0.0655. The zero-order valence-corrected chi connectivity index (χ0v) is 37.6. The van der Waals surface area contributed by atoms with Crippen LogP contribution in [0.5, 0.6) is 0 Å². The lowest BCUT2D eigenvalue weighted by molar-refractivity contribution is -0.697. The van der Waals surface area contributed by atoms with Crippen molar-refractivity contribution in [3.63, 3.8) is 0 Å². The normalized spacial score (nSPS) is 16.5. The van der Waals surface area contributed by atoms with E-state index < -0.39 is 73.7 Å². The third kappa shape index (κ3) is 17.6. The highest BCUT2D eigenvalue weighted by molar-refractivity contribution is 7.46. The van der Waals surface area contributed by atoms with Gasteiger partial charge in [0.1, 0.15) is 48.6 Å². The van der Waals surface area contributed by atoms with E-state index in [1.165, 1.54) is 24.3 Å². The Bertz CT molecular complexity index is 1840. The molecule has 1 fully saturated rings. The van der Waals surface area contributed by atoms with E-state index in [9.17, 15) is 48.2 Å². The summed E-state index contributed by atoms with van der Waals surface area (Å²) in [5.74, 6) is -4.35. The number of carbonyl (C=O) groups is 6. The van der Waals surface area contributed by atoms with E-state index in [0.717, 1.165) is 51.9 Å². The standard InChI is InChI=1S/C42H67N8O11P/c1-28(2)24-34(46-42(57)36-19-15-21-50(36)31(5)52)41(56)45-35(40(55)44-29(3)39(54)47-37(38(43)53)30(4)61-62(58,59)60)25-33-26-48(22-23-51)27-49(33)20-14-9-7-6-8-11-16-32-17-12-10-13-18-32/h10,12-13,17-18,26-30,34-37,51H,6-9,11,14-16,19-25H2,1-5H3,(H7-,43,44,45,46,47,53,54,55,56,57,58,59,60)/p+1/t29-,30+,34-,35-,36-,37-/m0/s1. The van der Waals surface area contributed by atoms with Crippen LogP contribution in [0.25, 0.3) is 0 Å². The lowest BCUT2D eigenvalue weighted by atomic mass is 10.0. The zero-order valence-electron chi connectivity index (χ0n) is 36.7. The van der Waals surface area contributed by atoms with Crippen molar-refractivity contribution < 1.29 is 57.3 Å². The zero-order chi connectivity index (χ0) is 46.0. The highest BCUT2D eigenvalue weighted by Gasteiger charge is 2.37. The summed E-state index contributed by atoms with van der Waals surface area (Å²) in [6.45, 7) is 8.70. The topological polar surface area (TPSA) is 276 Å². The monoisotopic (exact) mass is 891 g/mol. The van der Waals surface area contributed by atoms with Crippen LogP contribution in [-0.2, 0) is 63.8 Å². The smallest absolute Gasteiger partial charge is 0.392 e. The molecule has 0 aliphatic carbocycles. The maximum Gasteiger partial charge on any atom is 0.469 e. The number of aliphatic hydroxyl groups is 1. The van der Waals surface area contributed by atoms with Crippen LogP contribution in [0.4, 0.5) is 0 Å². The van der Waals surface area contributed by atoms with Gasteiger partial charge >= 0.3 is 7.82 Å². The number of phosphoric ester groups is 1. The fraction of sp³-hybridized carbons (Fsp3) is 0.643. The van der Waals surface area contributed by atoms with Crippen molar-refractivity contribution in [2.24, 2.45) is 11.7 Å². The fourth-order valence-corrected chi connectivity index (χ4v) is 8.11. The molecule has 1 aliphatic heterocycles. The van der Waals surface area contributed by atoms with Gasteiger partial charge in [0.05, 0.1) is 19.3 Å². The number of phosphoric acid groups is 1. The van der Waals surface area contributed by atoms with Gasteiger partial charge in [0, 0.05) is 19.9 Å². The first-order valence-electron chi connectivity index (χ1n) is 21.5. The molecule has 6 amide bonds. The predicted molar refractivity (Wildman–Crippen MR) is 228 cm³/mol. The second-order valence-electron chi connectivity index (χ2n) is 16.5. The summed E-state index contributed by atoms with van der Waals surface area (Å²) in [5, 5.41) is 20.2. The molecule has 0 spiro atoms. The minimum Gasteiger partial charge on any atom is -0.392 e. The van der Waals surface area contributed by atoms with Crippen LogP contribution in [0, 0.1) is 5.92 Å². The van der Waals surface area contributed by atoms with Crippen molar-refractivity contribution >= 4 is 43.3 Å². The van der Waals surface area contributed by atoms with Gasteiger partial charge in [0.25, 0.3) is 0 Å². The average molecular weight is 892 g/mol. The lowest BCUT2D eigenvalue weighted by Crippen LogP contribution is -2.59. The van der Waals surface area contributed by atoms with Gasteiger partial charge in [0.2, 0.25) is 41.8 Å². The molecule has 6 atom stereocenters. The molecule has 0 unspecified atom stereocenters. The molecule has 20 heteroatoms. The van der Waals surface area contributed by atoms with E-state index in [1.807, 2.05) is 42.9 Å². The molecule has 2 heterocycles. The summed E-state index contributed by atoms with van der Waals surface area (Å²) in [7, 11) is -5.07. The Morgan fingerprint density at radius 2 is 1.53 bits per heavy atom. The van der Waals surface area contributed by atoms with E-state index >= 15 is 0 Å². The molecule has 1 aromatic carbocycles. The number of rotatable bonds is 27. The van der Waals surface area contributed by atoms with Gasteiger partial charge in [-0.25, -0.2) is 13.7 Å². The molecule has 346 valence electrons. The van der Waals surface area contributed by atoms with Gasteiger partial charge in [-0.2, -0.15) is 0 Å². The summed E-state index contributed by atoms with van der Waals surface area (Å²) in [6, 6.07) is 4.21. The molecule has 0 radical (unpaired) electrons. The number of nitrogens with one attached hydrogen (secondary N) is 4. The van der Waals surface area contributed by atoms with Crippen LogP contribution in [-0.4, -0.2) is 109 Å². The molecule has 19 nitrogen and oxygen atoms in total. The van der Waals surface area contributed by atoms with Gasteiger partial charge in [-0.05, 0) is 70.3 Å². The first-order chi connectivity index (χ1) is 29.3. The molecule has 0 saturated carbocycles. The SMILES string of the molecule is CC(=O)N1CCC[C@H]1C(=O)N[C@@H](CC(C)C)C(=O)N[C@@H](Cc1c[n+](CCO)cn1CCCCCCCCc1ccccc1)C(=O)N[C@@H](C)C(=O)N[C@H](C(N)=O)[C@@H](C)OP(=O)(O)O. The number of benzene rings is 1. The maximum absolute atomic E-state index is 14.1. The quantitative estimate of drug-likeness (QED) is 0.0355. The van der Waals surface area contributed by atoms with Crippen LogP contribution < -0.4 is 31.6 Å². The molecule has 1 aliphatic rings. The number of hydrogen-bond donors (Lipinski definition) is 8. The van der Waals surface area contributed by atoms with Crippen LogP contribution >= 0.6 is 7.82 Å². The lowest BCUT2D eigenvalue weighted by Gasteiger charge is -2.28. The average Bonchev–Trinajstić information content (AvgIpc) is 3.84. The maximum atomic E-state index is 14.1. The Hall–Kier alpha value is -4.68. The molecular formula is C42H68N8O11P+. The van der Waals surface area contributed by atoms with Crippen LogP contribution in [0.3, 0.4) is 0 Å². The number of primary amides is 1. The predicted octanol–water partition coefficient (Wildman–Crippen LogP) is 0.893. The molecule has 0 bridgehead atoms. The van der Waals surface area contributed by atoms with E-state index in [1.54, 1.807) is 10.8 Å². The first-order valence-corrected chi connectivity index (χ1v) is 23.1. The number of nitrogens with zero attached hydrogens (tertiary/aromatic N) is 3. The molecular weight excluding hydrogens is 823 g/mol. The summed E-state index contributed by atoms with van der Waals surface area (Å²) < 4.78 is 19.7. The number of amides is 6. The highest BCUT2D eigenvalue weighted by atomic mass is 31.2. The number of nitrogens with two attached hydrogens (primary N) is 1. The summed E-state index contributed by atoms with van der Waals surface area (Å²) in [6.07, 6.45) is 10.4. The second kappa shape index (κ2) is 25.4. The summed E-state index contributed by atoms with van der Waals surface area (Å²) >= 11 is 0. The minimum atomic E-state index is -5.07. The Balaban J connectivity index is 1.82. The molecule has 3 rings (SSSR count). The molecule has 2 aromatic rings. The Labute approximate surface area is 364 Å². The Kier molecular flexibility index (Phi) is 21.2. The third-order valence-electron chi connectivity index (χ3n) is 10.8. The van der Waals surface area contributed by atoms with Gasteiger partial charge < -0.3 is 46.8 Å². The van der Waals surface area contributed by atoms with Crippen molar-refractivity contribution in [1.82, 2.24) is 30.7 Å². The molecule has 9 N–H and O–H groups in total. The second-order valence-corrected chi connectivity index (χ2v) is 17.7. The Morgan fingerprint density at radius 1 is 0.887 bits per heavy atom. The molecule has 1 saturated heterocycles. The van der Waals surface area contributed by atoms with Crippen molar-refractivity contribution in [3.8, 4) is 0 Å². The van der Waals surface area contributed by atoms with Crippen LogP contribution in [0.2, 0.25) is 0 Å². The fourth-order valence-electron chi connectivity index (χ4n) is 7.56. The number of aliphatic hydroxyl groups excluding tert-OH is 1. The number of aryl methyl sites for hydroxylation is 2. The van der Waals surface area contributed by atoms with Crippen LogP contribution in [0.15, 0.2) is 42.9 Å². The first kappa shape index (κ1) is 51.7. The molecule has 1 aromatic heterocycles. The number of unbranched alkanes of at least 4 members (excludes halogenated alkanes) is 5. The van der Waals surface area contributed by atoms with Crippen molar-refractivity contribution in [2.45, 2.75) is 155 Å². The number of hydrogen-bond acceptors (Lipinski definition) is 9. The number of imidazole rings is 1. The van der Waals surface area contributed by atoms with E-state index in [0.29, 0.717) is 31.6 Å². The van der Waals surface area contributed by atoms with Gasteiger partial charge in [0.15, 0.2) is 0 Å². The summed E-state index contributed by atoms with van der Waals surface area (Å²) in [5.41, 5.74) is 7.36. The van der Waals surface area contributed by atoms with Gasteiger partial charge in [-0.3, -0.25) is 33.3 Å². The molecule has 62 heavy (non-hydrogen) atoms. The van der Waals surface area contributed by atoms with Gasteiger partial charge in [-0.15, -0.1) is 0 Å². The van der Waals surface area contributed by atoms with Crippen molar-refractivity contribution in [2.75, 3.05) is 13.2 Å². The number of aromatic nitrogens is 2. The van der Waals surface area contributed by atoms with E-state index in [4.69, 9.17) is 5.73 Å². The van der Waals surface area contributed by atoms with E-state index in [-0.39, 0.29) is 37.8 Å². The number of carbonyl (C=O) groups excluding carboxylic acids is 6. The highest BCUT2D eigenvalue weighted by Crippen LogP contribution is 2.38. The Morgan fingerprint density at radius 3 is 2.15 bits per heavy atom.